The third-order valence-corrected chi connectivity index (χ3v) is 5.35. The predicted octanol–water partition coefficient (Wildman–Crippen LogP) is 4.76. The number of rotatable bonds is 7. The molecule has 4 rings (SSSR count). The van der Waals surface area contributed by atoms with E-state index in [1.165, 1.54) is 11.3 Å². The highest BCUT2D eigenvalue weighted by Gasteiger charge is 2.35. The van der Waals surface area contributed by atoms with Crippen LogP contribution in [-0.4, -0.2) is 32.6 Å². The number of halogens is 2. The molecular weight excluding hydrogens is 422 g/mol. The number of aromatic nitrogens is 3. The Kier molecular flexibility index (Phi) is 5.69. The molecule has 1 N–H and O–H groups in total. The number of nitrogens with one attached hydrogen (secondary N) is 1. The number of fused-ring (bicyclic) bond motifs is 1. The summed E-state index contributed by atoms with van der Waals surface area (Å²) < 4.78 is 34.7. The lowest BCUT2D eigenvalue weighted by molar-refractivity contribution is -0.144. The SMILES string of the molecule is C[C@H](NC(=O)C(C)(F)F)[C@H](Oc1ccc2c(cnn2-c2cscn2)c1)c1ccccc1. The Hall–Kier alpha value is -3.33. The number of amides is 1. The standard InChI is InChI=1S/C22H20F2N4O2S/c1-14(27-21(29)22(2,23)24)20(15-6-4-3-5-7-15)30-17-8-9-18-16(10-17)11-26-28(18)19-12-31-13-25-19/h3-14,20H,1-2H3,(H,27,29)/t14-,20-/m0/s1. The van der Waals surface area contributed by atoms with Gasteiger partial charge in [0, 0.05) is 17.7 Å². The van der Waals surface area contributed by atoms with Crippen LogP contribution in [0.4, 0.5) is 8.78 Å². The molecule has 2 aromatic carbocycles. The summed E-state index contributed by atoms with van der Waals surface area (Å²) in [5.74, 6) is -3.56. The molecule has 31 heavy (non-hydrogen) atoms. The minimum absolute atomic E-state index is 0.531. The third kappa shape index (κ3) is 4.56. The number of benzene rings is 2. The molecule has 160 valence electrons. The Morgan fingerprint density at radius 1 is 1.23 bits per heavy atom. The fourth-order valence-electron chi connectivity index (χ4n) is 3.23. The number of alkyl halides is 2. The van der Waals surface area contributed by atoms with Crippen molar-refractivity contribution in [3.8, 4) is 11.6 Å². The number of nitrogens with zero attached hydrogens (tertiary/aromatic N) is 3. The number of carbonyl (C=O) groups excluding carboxylic acids is 1. The summed E-state index contributed by atoms with van der Waals surface area (Å²) in [6, 6.07) is 13.9. The van der Waals surface area contributed by atoms with Crippen molar-refractivity contribution in [2.75, 3.05) is 0 Å². The summed E-state index contributed by atoms with van der Waals surface area (Å²) in [6.07, 6.45) is 1.04. The second-order valence-electron chi connectivity index (χ2n) is 7.22. The first-order valence-corrected chi connectivity index (χ1v) is 10.5. The van der Waals surface area contributed by atoms with E-state index < -0.39 is 24.0 Å². The molecule has 0 radical (unpaired) electrons. The molecule has 0 aliphatic rings. The maximum Gasteiger partial charge on any atom is 0.321 e. The molecule has 6 nitrogen and oxygen atoms in total. The number of ether oxygens (including phenoxy) is 1. The van der Waals surface area contributed by atoms with Crippen LogP contribution in [0.25, 0.3) is 16.7 Å². The fraction of sp³-hybridized carbons (Fsp3) is 0.227. The van der Waals surface area contributed by atoms with E-state index in [1.807, 2.05) is 47.8 Å². The van der Waals surface area contributed by atoms with E-state index in [0.29, 0.717) is 12.7 Å². The van der Waals surface area contributed by atoms with Crippen LogP contribution in [0.15, 0.2) is 65.6 Å². The molecule has 4 aromatic rings. The van der Waals surface area contributed by atoms with Gasteiger partial charge in [0.25, 0.3) is 5.91 Å². The largest absolute Gasteiger partial charge is 0.484 e. The summed E-state index contributed by atoms with van der Waals surface area (Å²) in [5, 5.41) is 9.48. The predicted molar refractivity (Wildman–Crippen MR) is 115 cm³/mol. The van der Waals surface area contributed by atoms with E-state index in [9.17, 15) is 13.6 Å². The fourth-order valence-corrected chi connectivity index (χ4v) is 3.75. The Balaban J connectivity index is 1.62. The average Bonchev–Trinajstić information content (AvgIpc) is 3.41. The molecule has 9 heteroatoms. The Morgan fingerprint density at radius 3 is 2.68 bits per heavy atom. The Bertz CT molecular complexity index is 1170. The van der Waals surface area contributed by atoms with Crippen molar-refractivity contribution in [3.63, 3.8) is 0 Å². The van der Waals surface area contributed by atoms with Crippen molar-refractivity contribution in [1.82, 2.24) is 20.1 Å². The van der Waals surface area contributed by atoms with Crippen molar-refractivity contribution < 1.29 is 18.3 Å². The van der Waals surface area contributed by atoms with Gasteiger partial charge in [-0.3, -0.25) is 4.79 Å². The zero-order valence-electron chi connectivity index (χ0n) is 16.8. The van der Waals surface area contributed by atoms with Crippen molar-refractivity contribution in [2.45, 2.75) is 31.9 Å². The highest BCUT2D eigenvalue weighted by Crippen LogP contribution is 2.29. The second kappa shape index (κ2) is 8.43. The van der Waals surface area contributed by atoms with Crippen LogP contribution in [0.5, 0.6) is 5.75 Å². The normalized spacial score (nSPS) is 13.7. The molecule has 0 saturated carbocycles. The topological polar surface area (TPSA) is 69.0 Å². The van der Waals surface area contributed by atoms with E-state index in [-0.39, 0.29) is 0 Å². The molecular formula is C22H20F2N4O2S. The highest BCUT2D eigenvalue weighted by atomic mass is 32.1. The molecule has 0 saturated heterocycles. The van der Waals surface area contributed by atoms with Gasteiger partial charge < -0.3 is 10.1 Å². The van der Waals surface area contributed by atoms with E-state index in [4.69, 9.17) is 4.74 Å². The monoisotopic (exact) mass is 442 g/mol. The first kappa shape index (κ1) is 20.9. The summed E-state index contributed by atoms with van der Waals surface area (Å²) in [6.45, 7) is 2.21. The van der Waals surface area contributed by atoms with Gasteiger partial charge in [0.1, 0.15) is 11.9 Å². The lowest BCUT2D eigenvalue weighted by Gasteiger charge is -2.27. The maximum absolute atomic E-state index is 13.4. The van der Waals surface area contributed by atoms with Gasteiger partial charge in [-0.25, -0.2) is 9.67 Å². The smallest absolute Gasteiger partial charge is 0.321 e. The van der Waals surface area contributed by atoms with E-state index in [0.717, 1.165) is 22.3 Å². The van der Waals surface area contributed by atoms with Crippen LogP contribution < -0.4 is 10.1 Å². The van der Waals surface area contributed by atoms with Crippen molar-refractivity contribution in [2.24, 2.45) is 0 Å². The van der Waals surface area contributed by atoms with Crippen molar-refractivity contribution in [1.29, 1.82) is 0 Å². The lowest BCUT2D eigenvalue weighted by atomic mass is 10.0. The van der Waals surface area contributed by atoms with Crippen LogP contribution in [0, 0.1) is 0 Å². The zero-order valence-corrected chi connectivity index (χ0v) is 17.6. The average molecular weight is 442 g/mol. The summed E-state index contributed by atoms with van der Waals surface area (Å²) >= 11 is 1.48. The van der Waals surface area contributed by atoms with Gasteiger partial charge in [0.15, 0.2) is 5.82 Å². The number of hydrogen-bond acceptors (Lipinski definition) is 5. The molecule has 2 heterocycles. The van der Waals surface area contributed by atoms with Crippen LogP contribution in [-0.2, 0) is 4.79 Å². The molecule has 0 spiro atoms. The summed E-state index contributed by atoms with van der Waals surface area (Å²) in [7, 11) is 0. The molecule has 2 aromatic heterocycles. The van der Waals surface area contributed by atoms with Gasteiger partial charge in [-0.2, -0.15) is 13.9 Å². The van der Waals surface area contributed by atoms with Crippen LogP contribution >= 0.6 is 11.3 Å². The van der Waals surface area contributed by atoms with Crippen LogP contribution in [0.1, 0.15) is 25.5 Å². The zero-order chi connectivity index (χ0) is 22.0. The minimum atomic E-state index is -3.47. The molecule has 1 amide bonds. The van der Waals surface area contributed by atoms with Crippen LogP contribution in [0.3, 0.4) is 0 Å². The maximum atomic E-state index is 13.4. The van der Waals surface area contributed by atoms with Crippen LogP contribution in [0.2, 0.25) is 0 Å². The minimum Gasteiger partial charge on any atom is -0.484 e. The molecule has 0 fully saturated rings. The van der Waals surface area contributed by atoms with E-state index in [1.54, 1.807) is 29.4 Å². The second-order valence-corrected chi connectivity index (χ2v) is 7.94. The third-order valence-electron chi connectivity index (χ3n) is 4.78. The summed E-state index contributed by atoms with van der Waals surface area (Å²) in [4.78, 5) is 16.1. The first-order valence-electron chi connectivity index (χ1n) is 9.59. The van der Waals surface area contributed by atoms with E-state index >= 15 is 0 Å². The summed E-state index contributed by atoms with van der Waals surface area (Å²) in [5.41, 5.74) is 3.36. The molecule has 0 aliphatic carbocycles. The lowest BCUT2D eigenvalue weighted by Crippen LogP contribution is -2.46. The van der Waals surface area contributed by atoms with E-state index in [2.05, 4.69) is 15.4 Å². The highest BCUT2D eigenvalue weighted by molar-refractivity contribution is 7.07. The number of thiazole rings is 1. The molecule has 0 bridgehead atoms. The molecule has 0 unspecified atom stereocenters. The quantitative estimate of drug-likeness (QED) is 0.448. The first-order chi connectivity index (χ1) is 14.8. The Morgan fingerprint density at radius 2 is 2.00 bits per heavy atom. The number of hydrogen-bond donors (Lipinski definition) is 1. The Labute approximate surface area is 181 Å². The number of carbonyl (C=O) groups is 1. The van der Waals surface area contributed by atoms with Crippen molar-refractivity contribution in [3.05, 3.63) is 71.2 Å². The molecule has 2 atom stereocenters. The van der Waals surface area contributed by atoms with Gasteiger partial charge in [0.2, 0.25) is 0 Å². The van der Waals surface area contributed by atoms with Gasteiger partial charge in [-0.05, 0) is 30.7 Å². The van der Waals surface area contributed by atoms with Gasteiger partial charge in [-0.15, -0.1) is 11.3 Å². The van der Waals surface area contributed by atoms with Crippen molar-refractivity contribution >= 4 is 28.1 Å². The van der Waals surface area contributed by atoms with Gasteiger partial charge in [-0.1, -0.05) is 30.3 Å². The van der Waals surface area contributed by atoms with Gasteiger partial charge in [0.05, 0.1) is 23.3 Å². The van der Waals surface area contributed by atoms with Gasteiger partial charge >= 0.3 is 5.92 Å². The molecule has 0 aliphatic heterocycles.